The van der Waals surface area contributed by atoms with Gasteiger partial charge in [0.05, 0.1) is 18.3 Å². The number of anilines is 3. The fraction of sp³-hybridized carbons (Fsp3) is 0.389. The van der Waals surface area contributed by atoms with Gasteiger partial charge in [0.1, 0.15) is 11.6 Å². The molecule has 0 aliphatic carbocycles. The smallest absolute Gasteiger partial charge is 0.262 e. The quantitative estimate of drug-likeness (QED) is 0.812. The van der Waals surface area contributed by atoms with E-state index in [-0.39, 0.29) is 24.5 Å². The Bertz CT molecular complexity index is 871. The highest BCUT2D eigenvalue weighted by atomic mass is 35.5. The lowest BCUT2D eigenvalue weighted by molar-refractivity contribution is -0.118. The second-order valence-corrected chi connectivity index (χ2v) is 6.98. The number of aromatic nitrogens is 2. The van der Waals surface area contributed by atoms with Crippen LogP contribution in [0.5, 0.6) is 5.75 Å². The number of amides is 1. The minimum absolute atomic E-state index is 0.0133. The first-order valence-corrected chi connectivity index (χ1v) is 9.10. The zero-order chi connectivity index (χ0) is 19.0. The summed E-state index contributed by atoms with van der Waals surface area (Å²) in [5.74, 6) is 1.37. The Hall–Kier alpha value is -2.58. The largest absolute Gasteiger partial charge is 0.482 e. The second kappa shape index (κ2) is 7.21. The lowest BCUT2D eigenvalue weighted by atomic mass is 10.0. The molecule has 2 aliphatic heterocycles. The average Bonchev–Trinajstić information content (AvgIpc) is 2.86. The summed E-state index contributed by atoms with van der Waals surface area (Å²) in [5.41, 5.74) is 8.08. The van der Waals surface area contributed by atoms with Crippen molar-refractivity contribution in [2.24, 2.45) is 0 Å². The van der Waals surface area contributed by atoms with E-state index in [1.54, 1.807) is 6.07 Å². The molecule has 3 N–H and O–H groups in total. The first-order chi connectivity index (χ1) is 13.0. The van der Waals surface area contributed by atoms with Crippen LogP contribution >= 0.6 is 11.6 Å². The number of rotatable bonds is 2. The zero-order valence-electron chi connectivity index (χ0n) is 14.9. The molecule has 0 spiro atoms. The van der Waals surface area contributed by atoms with Gasteiger partial charge in [-0.1, -0.05) is 11.6 Å². The van der Waals surface area contributed by atoms with Gasteiger partial charge in [0.15, 0.2) is 6.61 Å². The number of hydrogen-bond acceptors (Lipinski definition) is 7. The van der Waals surface area contributed by atoms with E-state index in [2.05, 4.69) is 20.2 Å². The Labute approximate surface area is 161 Å². The summed E-state index contributed by atoms with van der Waals surface area (Å²) >= 11 is 6.56. The van der Waals surface area contributed by atoms with E-state index >= 15 is 0 Å². The van der Waals surface area contributed by atoms with Crippen LogP contribution in [0.2, 0.25) is 5.02 Å². The molecule has 1 aromatic heterocycles. The second-order valence-electron chi connectivity index (χ2n) is 6.57. The Morgan fingerprint density at radius 1 is 1.33 bits per heavy atom. The maximum absolute atomic E-state index is 11.5. The van der Waals surface area contributed by atoms with Gasteiger partial charge in [0.25, 0.3) is 5.91 Å². The van der Waals surface area contributed by atoms with Crippen molar-refractivity contribution in [2.45, 2.75) is 19.4 Å². The maximum Gasteiger partial charge on any atom is 0.262 e. The molecule has 27 heavy (non-hydrogen) atoms. The molecule has 4 rings (SSSR count). The predicted octanol–water partition coefficient (Wildman–Crippen LogP) is 2.32. The number of hydrogen-bond donors (Lipinski definition) is 2. The highest BCUT2D eigenvalue weighted by molar-refractivity contribution is 6.32. The molecule has 2 aliphatic rings. The van der Waals surface area contributed by atoms with Crippen LogP contribution < -0.4 is 20.7 Å². The van der Waals surface area contributed by atoms with Gasteiger partial charge >= 0.3 is 0 Å². The maximum atomic E-state index is 11.5. The molecular weight excluding hydrogens is 370 g/mol. The Kier molecular flexibility index (Phi) is 4.75. The highest BCUT2D eigenvalue weighted by Crippen LogP contribution is 2.39. The standard InChI is InChI=1S/C18H20ClN5O3/c1-10-5-16(23-18(20)21-10)24-3-2-4-26-8-14(24)11-6-15-13(7-12(11)19)22-17(25)9-27-15/h5-7,14H,2-4,8-9H2,1H3,(H,22,25)(H2,20,21,23)/t14-/m0/s1. The van der Waals surface area contributed by atoms with E-state index in [4.69, 9.17) is 26.8 Å². The van der Waals surface area contributed by atoms with Gasteiger partial charge in [0.2, 0.25) is 5.95 Å². The number of nitrogen functional groups attached to an aromatic ring is 1. The summed E-state index contributed by atoms with van der Waals surface area (Å²) in [5, 5.41) is 3.30. The normalized spacial score (nSPS) is 19.7. The van der Waals surface area contributed by atoms with E-state index in [0.717, 1.165) is 30.0 Å². The van der Waals surface area contributed by atoms with Crippen molar-refractivity contribution in [2.75, 3.05) is 42.3 Å². The minimum Gasteiger partial charge on any atom is -0.482 e. The van der Waals surface area contributed by atoms with Crippen LogP contribution in [0.3, 0.4) is 0 Å². The summed E-state index contributed by atoms with van der Waals surface area (Å²) in [6.45, 7) is 3.72. The summed E-state index contributed by atoms with van der Waals surface area (Å²) in [7, 11) is 0. The molecule has 1 saturated heterocycles. The lowest BCUT2D eigenvalue weighted by Gasteiger charge is -2.32. The van der Waals surface area contributed by atoms with Crippen LogP contribution in [0, 0.1) is 6.92 Å². The van der Waals surface area contributed by atoms with Gasteiger partial charge in [-0.25, -0.2) is 4.98 Å². The molecule has 0 saturated carbocycles. The van der Waals surface area contributed by atoms with Crippen molar-refractivity contribution >= 4 is 35.0 Å². The number of ether oxygens (including phenoxy) is 2. The number of halogens is 1. The van der Waals surface area contributed by atoms with E-state index in [0.29, 0.717) is 29.7 Å². The first kappa shape index (κ1) is 17.8. The molecule has 142 valence electrons. The number of nitrogens with zero attached hydrogens (tertiary/aromatic N) is 3. The number of carbonyl (C=O) groups excluding carboxylic acids is 1. The summed E-state index contributed by atoms with van der Waals surface area (Å²) in [6.07, 6.45) is 0.856. The summed E-state index contributed by atoms with van der Waals surface area (Å²) < 4.78 is 11.4. The lowest BCUT2D eigenvalue weighted by Crippen LogP contribution is -2.32. The molecule has 2 aromatic rings. The Morgan fingerprint density at radius 2 is 2.19 bits per heavy atom. The van der Waals surface area contributed by atoms with Crippen molar-refractivity contribution in [3.63, 3.8) is 0 Å². The number of benzene rings is 1. The molecular formula is C18H20ClN5O3. The van der Waals surface area contributed by atoms with Gasteiger partial charge < -0.3 is 25.4 Å². The summed E-state index contributed by atoms with van der Waals surface area (Å²) in [6, 6.07) is 5.31. The fourth-order valence-electron chi connectivity index (χ4n) is 3.40. The topological polar surface area (TPSA) is 103 Å². The van der Waals surface area contributed by atoms with Crippen LogP contribution in [-0.2, 0) is 9.53 Å². The van der Waals surface area contributed by atoms with Gasteiger partial charge in [0, 0.05) is 29.9 Å². The van der Waals surface area contributed by atoms with E-state index in [1.807, 2.05) is 19.1 Å². The van der Waals surface area contributed by atoms with Crippen molar-refractivity contribution in [3.05, 3.63) is 34.5 Å². The number of nitrogens with one attached hydrogen (secondary N) is 1. The number of fused-ring (bicyclic) bond motifs is 1. The van der Waals surface area contributed by atoms with Gasteiger partial charge in [-0.3, -0.25) is 4.79 Å². The van der Waals surface area contributed by atoms with Crippen molar-refractivity contribution in [1.82, 2.24) is 9.97 Å². The average molecular weight is 390 g/mol. The van der Waals surface area contributed by atoms with Gasteiger partial charge in [-0.15, -0.1) is 0 Å². The Balaban J connectivity index is 1.76. The molecule has 0 unspecified atom stereocenters. The molecule has 1 aromatic carbocycles. The van der Waals surface area contributed by atoms with Crippen LogP contribution in [0.1, 0.15) is 23.7 Å². The van der Waals surface area contributed by atoms with Crippen molar-refractivity contribution in [1.29, 1.82) is 0 Å². The minimum atomic E-state index is -0.197. The monoisotopic (exact) mass is 389 g/mol. The van der Waals surface area contributed by atoms with Gasteiger partial charge in [-0.2, -0.15) is 4.98 Å². The fourth-order valence-corrected chi connectivity index (χ4v) is 3.69. The van der Waals surface area contributed by atoms with Crippen LogP contribution in [-0.4, -0.2) is 42.2 Å². The summed E-state index contributed by atoms with van der Waals surface area (Å²) in [4.78, 5) is 22.2. The molecule has 1 amide bonds. The molecule has 3 heterocycles. The van der Waals surface area contributed by atoms with Crippen LogP contribution in [0.15, 0.2) is 18.2 Å². The Morgan fingerprint density at radius 3 is 3.00 bits per heavy atom. The SMILES string of the molecule is Cc1cc(N2CCCOC[C@H]2c2cc3c(cc2Cl)NC(=O)CO3)nc(N)n1. The molecule has 1 atom stereocenters. The zero-order valence-corrected chi connectivity index (χ0v) is 15.6. The molecule has 9 heteroatoms. The third kappa shape index (κ3) is 3.63. The number of nitrogens with two attached hydrogens (primary N) is 1. The first-order valence-electron chi connectivity index (χ1n) is 8.73. The van der Waals surface area contributed by atoms with Crippen LogP contribution in [0.25, 0.3) is 0 Å². The highest BCUT2D eigenvalue weighted by Gasteiger charge is 2.29. The molecule has 0 radical (unpaired) electrons. The number of carbonyl (C=O) groups is 1. The third-order valence-electron chi connectivity index (χ3n) is 4.58. The van der Waals surface area contributed by atoms with Gasteiger partial charge in [-0.05, 0) is 31.0 Å². The predicted molar refractivity (Wildman–Crippen MR) is 102 cm³/mol. The number of aryl methyl sites for hydroxylation is 1. The third-order valence-corrected chi connectivity index (χ3v) is 4.91. The van der Waals surface area contributed by atoms with E-state index < -0.39 is 0 Å². The van der Waals surface area contributed by atoms with Crippen LogP contribution in [0.4, 0.5) is 17.5 Å². The van der Waals surface area contributed by atoms with Crippen molar-refractivity contribution in [3.8, 4) is 5.75 Å². The van der Waals surface area contributed by atoms with E-state index in [1.165, 1.54) is 0 Å². The van der Waals surface area contributed by atoms with E-state index in [9.17, 15) is 4.79 Å². The van der Waals surface area contributed by atoms with Crippen molar-refractivity contribution < 1.29 is 14.3 Å². The molecule has 0 bridgehead atoms. The molecule has 8 nitrogen and oxygen atoms in total. The molecule has 1 fully saturated rings.